The van der Waals surface area contributed by atoms with E-state index < -0.39 is 11.6 Å². The normalized spacial score (nSPS) is 12.7. The second kappa shape index (κ2) is 8.26. The molecule has 3 heteroatoms. The lowest BCUT2D eigenvalue weighted by Gasteiger charge is -2.14. The van der Waals surface area contributed by atoms with E-state index in [1.54, 1.807) is 6.92 Å². The van der Waals surface area contributed by atoms with Gasteiger partial charge in [0.2, 0.25) is 0 Å². The van der Waals surface area contributed by atoms with Crippen molar-refractivity contribution >= 4 is 0 Å². The number of hydrogen-bond acceptors (Lipinski definition) is 1. The average molecular weight is 269 g/mol. The van der Waals surface area contributed by atoms with E-state index in [1.165, 1.54) is 31.7 Å². The summed E-state index contributed by atoms with van der Waals surface area (Å²) in [5.74, 6) is -1.03. The van der Waals surface area contributed by atoms with Gasteiger partial charge in [0, 0.05) is 17.7 Å². The van der Waals surface area contributed by atoms with Crippen LogP contribution in [0.4, 0.5) is 8.78 Å². The van der Waals surface area contributed by atoms with Gasteiger partial charge in [-0.15, -0.1) is 0 Å². The van der Waals surface area contributed by atoms with Crippen LogP contribution in [0.25, 0.3) is 0 Å². The van der Waals surface area contributed by atoms with Gasteiger partial charge in [0.05, 0.1) is 0 Å². The summed E-state index contributed by atoms with van der Waals surface area (Å²) in [4.78, 5) is 0. The summed E-state index contributed by atoms with van der Waals surface area (Å²) in [6, 6.07) is 2.14. The van der Waals surface area contributed by atoms with Gasteiger partial charge in [-0.3, -0.25) is 0 Å². The van der Waals surface area contributed by atoms with E-state index in [-0.39, 0.29) is 6.04 Å². The van der Waals surface area contributed by atoms with Crippen LogP contribution in [0.2, 0.25) is 0 Å². The zero-order valence-corrected chi connectivity index (χ0v) is 12.0. The van der Waals surface area contributed by atoms with Gasteiger partial charge >= 0.3 is 0 Å². The largest absolute Gasteiger partial charge is 0.324 e. The lowest BCUT2D eigenvalue weighted by molar-refractivity contribution is 0.514. The van der Waals surface area contributed by atoms with Gasteiger partial charge in [-0.25, -0.2) is 8.78 Å². The molecule has 0 spiro atoms. The van der Waals surface area contributed by atoms with Gasteiger partial charge in [-0.05, 0) is 25.0 Å². The van der Waals surface area contributed by atoms with Crippen LogP contribution in [-0.2, 0) is 0 Å². The smallest absolute Gasteiger partial charge is 0.130 e. The first-order valence-corrected chi connectivity index (χ1v) is 7.27. The highest BCUT2D eigenvalue weighted by atomic mass is 19.1. The molecule has 1 unspecified atom stereocenters. The molecule has 0 radical (unpaired) electrons. The van der Waals surface area contributed by atoms with Crippen molar-refractivity contribution in [1.82, 2.24) is 0 Å². The van der Waals surface area contributed by atoms with Crippen molar-refractivity contribution in [2.75, 3.05) is 0 Å². The highest BCUT2D eigenvalue weighted by Gasteiger charge is 2.13. The number of aryl methyl sites for hydroxylation is 1. The predicted molar refractivity (Wildman–Crippen MR) is 76.0 cm³/mol. The first kappa shape index (κ1) is 16.1. The fraction of sp³-hybridized carbons (Fsp3) is 0.625. The van der Waals surface area contributed by atoms with E-state index in [0.717, 1.165) is 25.3 Å². The van der Waals surface area contributed by atoms with Crippen LogP contribution in [0.15, 0.2) is 12.1 Å². The van der Waals surface area contributed by atoms with E-state index in [1.807, 2.05) is 0 Å². The first-order valence-electron chi connectivity index (χ1n) is 7.27. The van der Waals surface area contributed by atoms with E-state index in [2.05, 4.69) is 6.92 Å². The predicted octanol–water partition coefficient (Wildman–Crippen LogP) is 5.02. The summed E-state index contributed by atoms with van der Waals surface area (Å²) < 4.78 is 26.8. The molecule has 0 fully saturated rings. The second-order valence-corrected chi connectivity index (χ2v) is 5.29. The third-order valence-corrected chi connectivity index (χ3v) is 3.55. The molecule has 0 aliphatic rings. The Bertz CT molecular complexity index is 391. The maximum atomic E-state index is 13.6. The van der Waals surface area contributed by atoms with Crippen molar-refractivity contribution in [2.45, 2.75) is 64.8 Å². The molecule has 2 N–H and O–H groups in total. The van der Waals surface area contributed by atoms with Gasteiger partial charge in [0.1, 0.15) is 11.6 Å². The molecule has 1 aromatic carbocycles. The third kappa shape index (κ3) is 5.27. The minimum atomic E-state index is -0.526. The lowest BCUT2D eigenvalue weighted by atomic mass is 9.98. The van der Waals surface area contributed by atoms with Crippen molar-refractivity contribution in [3.05, 3.63) is 34.9 Å². The Kier molecular flexibility index (Phi) is 7.00. The molecule has 19 heavy (non-hydrogen) atoms. The number of unbranched alkanes of at least 4 members (excludes halogenated alkanes) is 5. The molecule has 1 nitrogen and oxygen atoms in total. The Morgan fingerprint density at radius 2 is 1.63 bits per heavy atom. The molecular weight excluding hydrogens is 244 g/mol. The molecule has 0 saturated heterocycles. The summed E-state index contributed by atoms with van der Waals surface area (Å²) in [5, 5.41) is 0. The minimum absolute atomic E-state index is 0.328. The third-order valence-electron chi connectivity index (χ3n) is 3.55. The molecule has 108 valence electrons. The highest BCUT2D eigenvalue weighted by Crippen LogP contribution is 2.23. The zero-order valence-electron chi connectivity index (χ0n) is 12.0. The summed E-state index contributed by atoms with van der Waals surface area (Å²) in [6.07, 6.45) is 7.88. The van der Waals surface area contributed by atoms with Crippen LogP contribution in [0, 0.1) is 18.6 Å². The first-order chi connectivity index (χ1) is 9.06. The van der Waals surface area contributed by atoms with Crippen molar-refractivity contribution < 1.29 is 8.78 Å². The van der Waals surface area contributed by atoms with E-state index in [0.29, 0.717) is 11.1 Å². The molecule has 1 aromatic rings. The summed E-state index contributed by atoms with van der Waals surface area (Å²) >= 11 is 0. The number of rotatable bonds is 8. The standard InChI is InChI=1S/C16H25F2N/c1-3-4-5-6-7-8-9-16(19)13-10-12(2)14(17)11-15(13)18/h10-11,16H,3-9,19H2,1-2H3. The van der Waals surface area contributed by atoms with Gasteiger partial charge in [-0.1, -0.05) is 45.4 Å². The molecule has 0 aliphatic heterocycles. The maximum Gasteiger partial charge on any atom is 0.130 e. The van der Waals surface area contributed by atoms with Crippen LogP contribution in [0.3, 0.4) is 0 Å². The molecule has 0 saturated carbocycles. The maximum absolute atomic E-state index is 13.6. The Labute approximate surface area is 115 Å². The van der Waals surface area contributed by atoms with Crippen LogP contribution in [0.1, 0.15) is 69.0 Å². The van der Waals surface area contributed by atoms with Crippen molar-refractivity contribution in [3.8, 4) is 0 Å². The van der Waals surface area contributed by atoms with Crippen LogP contribution < -0.4 is 5.73 Å². The highest BCUT2D eigenvalue weighted by molar-refractivity contribution is 5.27. The molecule has 0 bridgehead atoms. The fourth-order valence-electron chi connectivity index (χ4n) is 2.26. The van der Waals surface area contributed by atoms with Crippen molar-refractivity contribution in [3.63, 3.8) is 0 Å². The number of benzene rings is 1. The zero-order chi connectivity index (χ0) is 14.3. The van der Waals surface area contributed by atoms with Gasteiger partial charge < -0.3 is 5.73 Å². The SMILES string of the molecule is CCCCCCCCC(N)c1cc(C)c(F)cc1F. The molecule has 0 heterocycles. The lowest BCUT2D eigenvalue weighted by Crippen LogP contribution is -2.13. The van der Waals surface area contributed by atoms with Gasteiger partial charge in [0.15, 0.2) is 0 Å². The molecular formula is C16H25F2N. The monoisotopic (exact) mass is 269 g/mol. The van der Waals surface area contributed by atoms with Crippen LogP contribution in [-0.4, -0.2) is 0 Å². The Morgan fingerprint density at radius 3 is 2.32 bits per heavy atom. The average Bonchev–Trinajstić information content (AvgIpc) is 2.37. The fourth-order valence-corrected chi connectivity index (χ4v) is 2.26. The molecule has 0 aromatic heterocycles. The van der Waals surface area contributed by atoms with Crippen LogP contribution >= 0.6 is 0 Å². The Morgan fingerprint density at radius 1 is 1.00 bits per heavy atom. The Balaban J connectivity index is 2.41. The Hall–Kier alpha value is -0.960. The minimum Gasteiger partial charge on any atom is -0.324 e. The molecule has 1 atom stereocenters. The summed E-state index contributed by atoms with van der Waals surface area (Å²) in [7, 11) is 0. The van der Waals surface area contributed by atoms with Crippen molar-refractivity contribution in [2.24, 2.45) is 5.73 Å². The number of nitrogens with two attached hydrogens (primary N) is 1. The molecule has 0 amide bonds. The summed E-state index contributed by atoms with van der Waals surface area (Å²) in [6.45, 7) is 3.82. The molecule has 0 aliphatic carbocycles. The van der Waals surface area contributed by atoms with Gasteiger partial charge in [-0.2, -0.15) is 0 Å². The second-order valence-electron chi connectivity index (χ2n) is 5.29. The van der Waals surface area contributed by atoms with Crippen molar-refractivity contribution in [1.29, 1.82) is 0 Å². The van der Waals surface area contributed by atoms with E-state index in [9.17, 15) is 8.78 Å². The van der Waals surface area contributed by atoms with E-state index in [4.69, 9.17) is 5.73 Å². The van der Waals surface area contributed by atoms with E-state index >= 15 is 0 Å². The summed E-state index contributed by atoms with van der Waals surface area (Å²) in [5.41, 5.74) is 6.88. The molecule has 1 rings (SSSR count). The van der Waals surface area contributed by atoms with Crippen LogP contribution in [0.5, 0.6) is 0 Å². The van der Waals surface area contributed by atoms with Gasteiger partial charge in [0.25, 0.3) is 0 Å². The number of halogens is 2. The number of hydrogen-bond donors (Lipinski definition) is 1. The quantitative estimate of drug-likeness (QED) is 0.658. The topological polar surface area (TPSA) is 26.0 Å².